The molecule has 0 bridgehead atoms. The molecule has 0 saturated heterocycles. The van der Waals surface area contributed by atoms with Crippen LogP contribution >= 0.6 is 11.6 Å². The zero-order chi connectivity index (χ0) is 18.4. The highest BCUT2D eigenvalue weighted by molar-refractivity contribution is 6.31. The normalized spacial score (nSPS) is 13.9. The summed E-state index contributed by atoms with van der Waals surface area (Å²) in [6.45, 7) is 0.590. The Balaban J connectivity index is 1.61. The molecule has 1 N–H and O–H groups in total. The molecule has 0 unspecified atom stereocenters. The number of carboxylic acid groups (broad SMARTS) is 1. The molecule has 3 rings (SSSR count). The highest BCUT2D eigenvalue weighted by Gasteiger charge is 2.15. The molecule has 3 nitrogen and oxygen atoms in total. The lowest BCUT2D eigenvalue weighted by Crippen LogP contribution is -2.03. The molecule has 4 heteroatoms. The second-order valence-corrected chi connectivity index (χ2v) is 7.07. The van der Waals surface area contributed by atoms with Gasteiger partial charge in [0.2, 0.25) is 0 Å². The lowest BCUT2D eigenvalue weighted by Gasteiger charge is -2.12. The van der Waals surface area contributed by atoms with E-state index in [0.717, 1.165) is 30.6 Å². The van der Waals surface area contributed by atoms with Crippen molar-refractivity contribution in [3.63, 3.8) is 0 Å². The van der Waals surface area contributed by atoms with E-state index in [-0.39, 0.29) is 6.42 Å². The molecule has 2 aromatic carbocycles. The molecular weight excluding hydrogens is 348 g/mol. The SMILES string of the molecule is O=C(O)CCc1ccc(OCC2=C(Cc3ccccc3)CCC2)cc1Cl. The Bertz CT molecular complexity index is 796. The van der Waals surface area contributed by atoms with Crippen LogP contribution in [0.3, 0.4) is 0 Å². The van der Waals surface area contributed by atoms with Gasteiger partial charge in [-0.05, 0) is 60.9 Å². The Morgan fingerprint density at radius 2 is 1.85 bits per heavy atom. The van der Waals surface area contributed by atoms with E-state index >= 15 is 0 Å². The summed E-state index contributed by atoms with van der Waals surface area (Å²) in [4.78, 5) is 10.7. The Morgan fingerprint density at radius 1 is 1.08 bits per heavy atom. The number of benzene rings is 2. The van der Waals surface area contributed by atoms with Gasteiger partial charge < -0.3 is 9.84 Å². The molecule has 136 valence electrons. The van der Waals surface area contributed by atoms with Crippen LogP contribution in [-0.4, -0.2) is 17.7 Å². The number of aliphatic carboxylic acids is 1. The fraction of sp³-hybridized carbons (Fsp3) is 0.318. The molecule has 0 spiro atoms. The van der Waals surface area contributed by atoms with E-state index in [4.69, 9.17) is 21.4 Å². The lowest BCUT2D eigenvalue weighted by atomic mass is 10.0. The first-order valence-corrected chi connectivity index (χ1v) is 9.36. The van der Waals surface area contributed by atoms with Crippen LogP contribution in [0.15, 0.2) is 59.7 Å². The number of allylic oxidation sites excluding steroid dienone is 1. The number of hydrogen-bond acceptors (Lipinski definition) is 2. The third-order valence-corrected chi connectivity index (χ3v) is 5.12. The fourth-order valence-electron chi connectivity index (χ4n) is 3.33. The monoisotopic (exact) mass is 370 g/mol. The molecular formula is C22H23ClO3. The quantitative estimate of drug-likeness (QED) is 0.627. The van der Waals surface area contributed by atoms with Crippen molar-refractivity contribution < 1.29 is 14.6 Å². The Labute approximate surface area is 159 Å². The summed E-state index contributed by atoms with van der Waals surface area (Å²) in [6, 6.07) is 16.0. The van der Waals surface area contributed by atoms with Gasteiger partial charge >= 0.3 is 5.97 Å². The van der Waals surface area contributed by atoms with E-state index in [0.29, 0.717) is 18.1 Å². The van der Waals surface area contributed by atoms with Crippen molar-refractivity contribution in [2.24, 2.45) is 0 Å². The Kier molecular flexibility index (Phi) is 6.35. The third-order valence-electron chi connectivity index (χ3n) is 4.76. The molecule has 0 radical (unpaired) electrons. The molecule has 0 atom stereocenters. The zero-order valence-electron chi connectivity index (χ0n) is 14.7. The van der Waals surface area contributed by atoms with Gasteiger partial charge in [-0.3, -0.25) is 4.79 Å². The molecule has 26 heavy (non-hydrogen) atoms. The Hall–Kier alpha value is -2.26. The first-order valence-electron chi connectivity index (χ1n) is 8.98. The topological polar surface area (TPSA) is 46.5 Å². The summed E-state index contributed by atoms with van der Waals surface area (Å²) < 4.78 is 5.96. The van der Waals surface area contributed by atoms with E-state index in [2.05, 4.69) is 24.3 Å². The van der Waals surface area contributed by atoms with E-state index in [9.17, 15) is 4.79 Å². The van der Waals surface area contributed by atoms with Crippen molar-refractivity contribution in [2.45, 2.75) is 38.5 Å². The molecule has 0 aliphatic heterocycles. The first kappa shape index (κ1) is 18.5. The van der Waals surface area contributed by atoms with Crippen molar-refractivity contribution in [3.05, 3.63) is 75.8 Å². The van der Waals surface area contributed by atoms with Crippen LogP contribution in [0, 0.1) is 0 Å². The number of hydrogen-bond donors (Lipinski definition) is 1. The van der Waals surface area contributed by atoms with Crippen LogP contribution in [0.2, 0.25) is 5.02 Å². The second kappa shape index (κ2) is 8.91. The van der Waals surface area contributed by atoms with E-state index in [1.54, 1.807) is 6.07 Å². The molecule has 0 fully saturated rings. The number of ether oxygens (including phenoxy) is 1. The molecule has 2 aromatic rings. The van der Waals surface area contributed by atoms with Crippen molar-refractivity contribution >= 4 is 17.6 Å². The average molecular weight is 371 g/mol. The van der Waals surface area contributed by atoms with Gasteiger partial charge in [-0.1, -0.05) is 53.6 Å². The van der Waals surface area contributed by atoms with Gasteiger partial charge in [-0.2, -0.15) is 0 Å². The maximum Gasteiger partial charge on any atom is 0.303 e. The summed E-state index contributed by atoms with van der Waals surface area (Å²) in [6.07, 6.45) is 4.93. The molecule has 1 aliphatic carbocycles. The molecule has 0 heterocycles. The van der Waals surface area contributed by atoms with Gasteiger partial charge in [-0.25, -0.2) is 0 Å². The van der Waals surface area contributed by atoms with Crippen molar-refractivity contribution in [3.8, 4) is 5.75 Å². The van der Waals surface area contributed by atoms with E-state index in [1.807, 2.05) is 18.2 Å². The summed E-state index contributed by atoms with van der Waals surface area (Å²) in [5.41, 5.74) is 5.05. The highest BCUT2D eigenvalue weighted by atomic mass is 35.5. The number of carbonyl (C=O) groups is 1. The van der Waals surface area contributed by atoms with Crippen molar-refractivity contribution in [1.29, 1.82) is 0 Å². The van der Waals surface area contributed by atoms with Gasteiger partial charge in [0.1, 0.15) is 12.4 Å². The summed E-state index contributed by atoms with van der Waals surface area (Å²) in [7, 11) is 0. The minimum Gasteiger partial charge on any atom is -0.489 e. The van der Waals surface area contributed by atoms with Crippen LogP contribution in [0.5, 0.6) is 5.75 Å². The van der Waals surface area contributed by atoms with Crippen LogP contribution in [-0.2, 0) is 17.6 Å². The number of carboxylic acids is 1. The predicted octanol–water partition coefficient (Wildman–Crippen LogP) is 5.46. The molecule has 1 aliphatic rings. The maximum absolute atomic E-state index is 10.7. The third kappa shape index (κ3) is 5.12. The van der Waals surface area contributed by atoms with Gasteiger partial charge in [-0.15, -0.1) is 0 Å². The van der Waals surface area contributed by atoms with Crippen molar-refractivity contribution in [1.82, 2.24) is 0 Å². The van der Waals surface area contributed by atoms with Crippen molar-refractivity contribution in [2.75, 3.05) is 6.61 Å². The first-order chi connectivity index (χ1) is 12.6. The summed E-state index contributed by atoms with van der Waals surface area (Å²) in [5.74, 6) is -0.0898. The average Bonchev–Trinajstić information content (AvgIpc) is 3.07. The zero-order valence-corrected chi connectivity index (χ0v) is 15.5. The minimum absolute atomic E-state index is 0.0790. The fourth-order valence-corrected chi connectivity index (χ4v) is 3.60. The summed E-state index contributed by atoms with van der Waals surface area (Å²) in [5, 5.41) is 9.35. The van der Waals surface area contributed by atoms with Crippen LogP contribution in [0.25, 0.3) is 0 Å². The van der Waals surface area contributed by atoms with Gasteiger partial charge in [0.05, 0.1) is 0 Å². The molecule has 0 amide bonds. The van der Waals surface area contributed by atoms with Gasteiger partial charge in [0.25, 0.3) is 0 Å². The number of rotatable bonds is 8. The van der Waals surface area contributed by atoms with Crippen LogP contribution < -0.4 is 4.74 Å². The van der Waals surface area contributed by atoms with Gasteiger partial charge in [0.15, 0.2) is 0 Å². The lowest BCUT2D eigenvalue weighted by molar-refractivity contribution is -0.136. The largest absolute Gasteiger partial charge is 0.489 e. The van der Waals surface area contributed by atoms with E-state index in [1.165, 1.54) is 23.1 Å². The number of aryl methyl sites for hydroxylation is 1. The van der Waals surface area contributed by atoms with Gasteiger partial charge in [0, 0.05) is 11.4 Å². The van der Waals surface area contributed by atoms with Crippen LogP contribution in [0.1, 0.15) is 36.8 Å². The summed E-state index contributed by atoms with van der Waals surface area (Å²) >= 11 is 6.26. The van der Waals surface area contributed by atoms with Crippen LogP contribution in [0.4, 0.5) is 0 Å². The molecule has 0 aromatic heterocycles. The highest BCUT2D eigenvalue weighted by Crippen LogP contribution is 2.30. The molecule has 0 saturated carbocycles. The maximum atomic E-state index is 10.7. The smallest absolute Gasteiger partial charge is 0.303 e. The Morgan fingerprint density at radius 3 is 2.58 bits per heavy atom. The minimum atomic E-state index is -0.819. The standard InChI is InChI=1S/C22H23ClO3/c23-21-14-20(11-9-17(21)10-12-22(24)25)26-15-19-8-4-7-18(19)13-16-5-2-1-3-6-16/h1-3,5-6,9,11,14H,4,7-8,10,12-13,15H2,(H,24,25). The van der Waals surface area contributed by atoms with E-state index < -0.39 is 5.97 Å². The second-order valence-electron chi connectivity index (χ2n) is 6.66. The predicted molar refractivity (Wildman–Crippen MR) is 104 cm³/mol. The number of halogens is 1.